The first-order chi connectivity index (χ1) is 7.90. The summed E-state index contributed by atoms with van der Waals surface area (Å²) in [4.78, 5) is 11.6. The average molecular weight is 257 g/mol. The topological polar surface area (TPSA) is 64.3 Å². The van der Waals surface area contributed by atoms with Gasteiger partial charge in [0.05, 0.1) is 10.7 Å². The van der Waals surface area contributed by atoms with Gasteiger partial charge in [-0.25, -0.2) is 0 Å². The van der Waals surface area contributed by atoms with Gasteiger partial charge in [-0.15, -0.1) is 0 Å². The van der Waals surface area contributed by atoms with E-state index in [4.69, 9.17) is 22.1 Å². The maximum atomic E-state index is 11.6. The van der Waals surface area contributed by atoms with Crippen molar-refractivity contribution in [1.29, 1.82) is 0 Å². The molecule has 0 saturated heterocycles. The first kappa shape index (κ1) is 13.6. The molecule has 0 aliphatic heterocycles. The lowest BCUT2D eigenvalue weighted by Gasteiger charge is -2.16. The molecule has 0 aliphatic carbocycles. The fourth-order valence-electron chi connectivity index (χ4n) is 1.24. The van der Waals surface area contributed by atoms with Crippen LogP contribution >= 0.6 is 11.6 Å². The predicted octanol–water partition coefficient (Wildman–Crippen LogP) is 2.21. The Morgan fingerprint density at radius 1 is 1.41 bits per heavy atom. The van der Waals surface area contributed by atoms with Crippen molar-refractivity contribution in [3.8, 4) is 5.75 Å². The molecule has 94 valence electrons. The van der Waals surface area contributed by atoms with Gasteiger partial charge >= 0.3 is 0 Å². The van der Waals surface area contributed by atoms with E-state index in [1.54, 1.807) is 25.1 Å². The zero-order valence-corrected chi connectivity index (χ0v) is 10.9. The monoisotopic (exact) mass is 256 g/mol. The fourth-order valence-corrected chi connectivity index (χ4v) is 1.41. The maximum absolute atomic E-state index is 11.6. The van der Waals surface area contributed by atoms with Gasteiger partial charge in [0.1, 0.15) is 5.75 Å². The van der Waals surface area contributed by atoms with Gasteiger partial charge in [-0.2, -0.15) is 0 Å². The average Bonchev–Trinajstić information content (AvgIpc) is 2.22. The van der Waals surface area contributed by atoms with E-state index >= 15 is 0 Å². The van der Waals surface area contributed by atoms with Crippen LogP contribution in [-0.2, 0) is 4.79 Å². The molecule has 1 rings (SSSR count). The lowest BCUT2D eigenvalue weighted by Crippen LogP contribution is -2.40. The molecule has 3 N–H and O–H groups in total. The largest absolute Gasteiger partial charge is 0.481 e. The molecule has 1 unspecified atom stereocenters. The number of nitrogens with two attached hydrogens (primary N) is 1. The highest BCUT2D eigenvalue weighted by atomic mass is 35.5. The zero-order chi connectivity index (χ0) is 13.0. The summed E-state index contributed by atoms with van der Waals surface area (Å²) in [5.74, 6) is 0.364. The van der Waals surface area contributed by atoms with Crippen molar-refractivity contribution in [2.45, 2.75) is 32.9 Å². The molecule has 0 radical (unpaired) electrons. The quantitative estimate of drug-likeness (QED) is 0.812. The summed E-state index contributed by atoms with van der Waals surface area (Å²) in [5.41, 5.74) is 6.06. The Kier molecular flexibility index (Phi) is 4.63. The molecule has 5 heteroatoms. The molecule has 0 spiro atoms. The first-order valence-electron chi connectivity index (χ1n) is 5.42. The molecule has 1 aromatic carbocycles. The third kappa shape index (κ3) is 4.15. The maximum Gasteiger partial charge on any atom is 0.260 e. The van der Waals surface area contributed by atoms with Gasteiger partial charge < -0.3 is 15.8 Å². The van der Waals surface area contributed by atoms with E-state index in [-0.39, 0.29) is 11.9 Å². The van der Waals surface area contributed by atoms with Crippen LogP contribution in [0, 0.1) is 0 Å². The number of amides is 1. The van der Waals surface area contributed by atoms with Crippen LogP contribution in [0.25, 0.3) is 0 Å². The number of carbonyl (C=O) groups excluding carboxylic acids is 1. The lowest BCUT2D eigenvalue weighted by molar-refractivity contribution is -0.127. The van der Waals surface area contributed by atoms with E-state index in [1.165, 1.54) is 0 Å². The number of rotatable bonds is 4. The van der Waals surface area contributed by atoms with Gasteiger partial charge in [0.15, 0.2) is 6.10 Å². The van der Waals surface area contributed by atoms with Crippen molar-refractivity contribution < 1.29 is 9.53 Å². The molecular formula is C12H17ClN2O2. The molecule has 1 amide bonds. The molecule has 4 nitrogen and oxygen atoms in total. The number of hydrogen-bond acceptors (Lipinski definition) is 3. The lowest BCUT2D eigenvalue weighted by atomic mass is 10.3. The Morgan fingerprint density at radius 2 is 2.06 bits per heavy atom. The normalized spacial score (nSPS) is 12.3. The highest BCUT2D eigenvalue weighted by Gasteiger charge is 2.15. The van der Waals surface area contributed by atoms with E-state index in [9.17, 15) is 4.79 Å². The standard InChI is InChI=1S/C12H17ClN2O2/c1-7(2)15-12(16)8(3)17-9-4-5-11(14)10(13)6-9/h4-8H,14H2,1-3H3,(H,15,16). The molecule has 0 bridgehead atoms. The molecule has 0 heterocycles. The second kappa shape index (κ2) is 5.77. The molecule has 1 aromatic rings. The fraction of sp³-hybridized carbons (Fsp3) is 0.417. The zero-order valence-electron chi connectivity index (χ0n) is 10.2. The van der Waals surface area contributed by atoms with E-state index < -0.39 is 6.10 Å². The minimum Gasteiger partial charge on any atom is -0.481 e. The van der Waals surface area contributed by atoms with E-state index in [0.29, 0.717) is 16.5 Å². The van der Waals surface area contributed by atoms with Crippen molar-refractivity contribution in [3.63, 3.8) is 0 Å². The van der Waals surface area contributed by atoms with Gasteiger partial charge in [-0.1, -0.05) is 11.6 Å². The number of halogens is 1. The third-order valence-electron chi connectivity index (χ3n) is 2.08. The van der Waals surface area contributed by atoms with Crippen LogP contribution in [0.1, 0.15) is 20.8 Å². The van der Waals surface area contributed by atoms with Crippen molar-refractivity contribution in [3.05, 3.63) is 23.2 Å². The van der Waals surface area contributed by atoms with Crippen LogP contribution in [0.2, 0.25) is 5.02 Å². The summed E-state index contributed by atoms with van der Waals surface area (Å²) in [6.07, 6.45) is -0.572. The van der Waals surface area contributed by atoms with Gasteiger partial charge in [0, 0.05) is 12.1 Å². The SMILES string of the molecule is CC(C)NC(=O)C(C)Oc1ccc(N)c(Cl)c1. The number of hydrogen-bond donors (Lipinski definition) is 2. The van der Waals surface area contributed by atoms with Gasteiger partial charge in [0.25, 0.3) is 5.91 Å². The Labute approximate surface area is 106 Å². The summed E-state index contributed by atoms with van der Waals surface area (Å²) >= 11 is 5.86. The Bertz CT molecular complexity index is 407. The highest BCUT2D eigenvalue weighted by molar-refractivity contribution is 6.33. The number of anilines is 1. The summed E-state index contributed by atoms with van der Waals surface area (Å²) < 4.78 is 5.46. The third-order valence-corrected chi connectivity index (χ3v) is 2.41. The number of carbonyl (C=O) groups is 1. The second-order valence-electron chi connectivity index (χ2n) is 4.11. The number of nitrogens with one attached hydrogen (secondary N) is 1. The highest BCUT2D eigenvalue weighted by Crippen LogP contribution is 2.24. The molecule has 0 saturated carbocycles. The van der Waals surface area contributed by atoms with E-state index in [1.807, 2.05) is 13.8 Å². The number of ether oxygens (including phenoxy) is 1. The Balaban J connectivity index is 2.64. The van der Waals surface area contributed by atoms with Crippen LogP contribution in [0.15, 0.2) is 18.2 Å². The van der Waals surface area contributed by atoms with Crippen molar-refractivity contribution in [1.82, 2.24) is 5.32 Å². The molecular weight excluding hydrogens is 240 g/mol. The summed E-state index contributed by atoms with van der Waals surface area (Å²) in [6, 6.07) is 5.00. The molecule has 0 aromatic heterocycles. The number of benzene rings is 1. The van der Waals surface area contributed by atoms with Crippen LogP contribution in [-0.4, -0.2) is 18.1 Å². The van der Waals surface area contributed by atoms with Gasteiger partial charge in [-0.3, -0.25) is 4.79 Å². The van der Waals surface area contributed by atoms with Crippen LogP contribution < -0.4 is 15.8 Å². The Morgan fingerprint density at radius 3 is 2.59 bits per heavy atom. The van der Waals surface area contributed by atoms with Gasteiger partial charge in [0.2, 0.25) is 0 Å². The summed E-state index contributed by atoms with van der Waals surface area (Å²) in [6.45, 7) is 5.47. The predicted molar refractivity (Wildman–Crippen MR) is 69.2 cm³/mol. The smallest absolute Gasteiger partial charge is 0.260 e. The van der Waals surface area contributed by atoms with E-state index in [0.717, 1.165) is 0 Å². The van der Waals surface area contributed by atoms with Gasteiger partial charge in [-0.05, 0) is 32.9 Å². The van der Waals surface area contributed by atoms with Crippen molar-refractivity contribution in [2.24, 2.45) is 0 Å². The molecule has 17 heavy (non-hydrogen) atoms. The second-order valence-corrected chi connectivity index (χ2v) is 4.51. The van der Waals surface area contributed by atoms with Crippen LogP contribution in [0.3, 0.4) is 0 Å². The van der Waals surface area contributed by atoms with Crippen molar-refractivity contribution >= 4 is 23.2 Å². The minimum absolute atomic E-state index is 0.0866. The van der Waals surface area contributed by atoms with Crippen molar-refractivity contribution in [2.75, 3.05) is 5.73 Å². The Hall–Kier alpha value is -1.42. The molecule has 0 fully saturated rings. The number of nitrogen functional groups attached to an aromatic ring is 1. The summed E-state index contributed by atoms with van der Waals surface area (Å²) in [7, 11) is 0. The minimum atomic E-state index is -0.572. The first-order valence-corrected chi connectivity index (χ1v) is 5.80. The molecule has 0 aliphatic rings. The van der Waals surface area contributed by atoms with Crippen LogP contribution in [0.4, 0.5) is 5.69 Å². The molecule has 1 atom stereocenters. The van der Waals surface area contributed by atoms with Crippen LogP contribution in [0.5, 0.6) is 5.75 Å². The summed E-state index contributed by atoms with van der Waals surface area (Å²) in [5, 5.41) is 3.18. The van der Waals surface area contributed by atoms with E-state index in [2.05, 4.69) is 5.32 Å².